The first-order valence-electron chi connectivity index (χ1n) is 9.05. The van der Waals surface area contributed by atoms with Crippen LogP contribution in [0.3, 0.4) is 0 Å². The minimum Gasteiger partial charge on any atom is -0.497 e. The van der Waals surface area contributed by atoms with E-state index in [1.807, 2.05) is 51.1 Å². The molecule has 7 heteroatoms. The van der Waals surface area contributed by atoms with Crippen LogP contribution in [0.5, 0.6) is 5.75 Å². The highest BCUT2D eigenvalue weighted by Gasteiger charge is 2.30. The maximum atomic E-state index is 12.8. The molecule has 0 spiro atoms. The number of sulfonamides is 1. The fraction of sp³-hybridized carbons (Fsp3) is 0.381. The number of ether oxygens (including phenoxy) is 1. The Morgan fingerprint density at radius 3 is 2.14 bits per heavy atom. The van der Waals surface area contributed by atoms with Crippen molar-refractivity contribution in [3.63, 3.8) is 0 Å². The minimum atomic E-state index is -3.65. The predicted octanol–water partition coefficient (Wildman–Crippen LogP) is 3.34. The second-order valence-corrected chi connectivity index (χ2v) is 8.87. The van der Waals surface area contributed by atoms with E-state index in [-0.39, 0.29) is 11.9 Å². The van der Waals surface area contributed by atoms with Gasteiger partial charge in [0.15, 0.2) is 0 Å². The van der Waals surface area contributed by atoms with Crippen molar-refractivity contribution in [2.24, 2.45) is 0 Å². The van der Waals surface area contributed by atoms with Crippen LogP contribution in [0.1, 0.15) is 36.6 Å². The van der Waals surface area contributed by atoms with Crippen molar-refractivity contribution < 1.29 is 17.9 Å². The fourth-order valence-electron chi connectivity index (χ4n) is 2.98. The average Bonchev–Trinajstić information content (AvgIpc) is 2.63. The average molecular weight is 405 g/mol. The molecular weight excluding hydrogens is 376 g/mol. The van der Waals surface area contributed by atoms with E-state index in [9.17, 15) is 13.2 Å². The Bertz CT molecular complexity index is 939. The van der Waals surface area contributed by atoms with Gasteiger partial charge in [0.1, 0.15) is 11.8 Å². The van der Waals surface area contributed by atoms with Crippen LogP contribution in [0.4, 0.5) is 5.69 Å². The number of amides is 1. The molecule has 0 aromatic heterocycles. The highest BCUT2D eigenvalue weighted by molar-refractivity contribution is 7.92. The number of carbonyl (C=O) groups is 1. The van der Waals surface area contributed by atoms with Crippen molar-refractivity contribution in [3.05, 3.63) is 59.2 Å². The molecule has 0 radical (unpaired) electrons. The molecule has 0 fully saturated rings. The van der Waals surface area contributed by atoms with Gasteiger partial charge in [0.2, 0.25) is 15.9 Å². The molecule has 0 heterocycles. The summed E-state index contributed by atoms with van der Waals surface area (Å²) in [6, 6.07) is 11.6. The molecule has 2 atom stereocenters. The van der Waals surface area contributed by atoms with Gasteiger partial charge < -0.3 is 10.1 Å². The summed E-state index contributed by atoms with van der Waals surface area (Å²) in [7, 11) is -2.05. The normalized spacial score (nSPS) is 13.5. The maximum Gasteiger partial charge on any atom is 0.244 e. The first-order valence-corrected chi connectivity index (χ1v) is 10.9. The third kappa shape index (κ3) is 5.04. The number of methoxy groups -OCH3 is 1. The van der Waals surface area contributed by atoms with E-state index < -0.39 is 16.1 Å². The van der Waals surface area contributed by atoms with E-state index in [1.165, 1.54) is 0 Å². The molecule has 2 rings (SSSR count). The Morgan fingerprint density at radius 2 is 1.64 bits per heavy atom. The molecule has 1 N–H and O–H groups in total. The number of rotatable bonds is 7. The summed E-state index contributed by atoms with van der Waals surface area (Å²) >= 11 is 0. The molecule has 6 nitrogen and oxygen atoms in total. The molecule has 0 aliphatic carbocycles. The maximum absolute atomic E-state index is 12.8. The molecule has 0 unspecified atom stereocenters. The molecule has 1 amide bonds. The van der Waals surface area contributed by atoms with Gasteiger partial charge in [-0.15, -0.1) is 0 Å². The summed E-state index contributed by atoms with van der Waals surface area (Å²) < 4.78 is 31.2. The van der Waals surface area contributed by atoms with Gasteiger partial charge in [-0.1, -0.05) is 18.2 Å². The van der Waals surface area contributed by atoms with Crippen LogP contribution in [-0.2, 0) is 14.8 Å². The van der Waals surface area contributed by atoms with E-state index in [4.69, 9.17) is 4.74 Å². The van der Waals surface area contributed by atoms with Crippen molar-refractivity contribution in [1.82, 2.24) is 5.32 Å². The van der Waals surface area contributed by atoms with Gasteiger partial charge in [-0.2, -0.15) is 0 Å². The lowest BCUT2D eigenvalue weighted by Crippen LogP contribution is -2.48. The molecule has 28 heavy (non-hydrogen) atoms. The largest absolute Gasteiger partial charge is 0.497 e. The third-order valence-corrected chi connectivity index (χ3v) is 6.05. The lowest BCUT2D eigenvalue weighted by Gasteiger charge is -2.29. The number of nitrogens with zero attached hydrogens (tertiary/aromatic N) is 1. The molecule has 2 aromatic carbocycles. The van der Waals surface area contributed by atoms with E-state index in [1.54, 1.807) is 26.2 Å². The lowest BCUT2D eigenvalue weighted by molar-refractivity contribution is -0.122. The quantitative estimate of drug-likeness (QED) is 0.768. The number of nitrogens with one attached hydrogen (secondary N) is 1. The Hall–Kier alpha value is -2.54. The van der Waals surface area contributed by atoms with Gasteiger partial charge in [0.25, 0.3) is 0 Å². The molecule has 0 bridgehead atoms. The molecule has 2 aromatic rings. The molecule has 0 saturated heterocycles. The molecule has 152 valence electrons. The van der Waals surface area contributed by atoms with Crippen LogP contribution in [0.25, 0.3) is 0 Å². The summed E-state index contributed by atoms with van der Waals surface area (Å²) in [6.45, 7) is 7.31. The second kappa shape index (κ2) is 8.65. The van der Waals surface area contributed by atoms with Crippen molar-refractivity contribution in [2.45, 2.75) is 39.8 Å². The number of hydrogen-bond donors (Lipinski definition) is 1. The van der Waals surface area contributed by atoms with Crippen molar-refractivity contribution in [2.75, 3.05) is 17.7 Å². The van der Waals surface area contributed by atoms with Crippen LogP contribution >= 0.6 is 0 Å². The van der Waals surface area contributed by atoms with E-state index in [0.717, 1.165) is 33.0 Å². The molecular formula is C21H28N2O4S. The number of aryl methyl sites for hydroxylation is 2. The third-order valence-electron chi connectivity index (χ3n) is 4.81. The van der Waals surface area contributed by atoms with Crippen LogP contribution in [0.15, 0.2) is 42.5 Å². The second-order valence-electron chi connectivity index (χ2n) is 7.01. The Balaban J connectivity index is 2.24. The van der Waals surface area contributed by atoms with E-state index in [0.29, 0.717) is 5.69 Å². The fourth-order valence-corrected chi connectivity index (χ4v) is 4.15. The van der Waals surface area contributed by atoms with Crippen molar-refractivity contribution >= 4 is 21.6 Å². The number of anilines is 1. The van der Waals surface area contributed by atoms with Gasteiger partial charge in [-0.3, -0.25) is 9.10 Å². The van der Waals surface area contributed by atoms with Gasteiger partial charge in [-0.25, -0.2) is 8.42 Å². The van der Waals surface area contributed by atoms with Gasteiger partial charge in [-0.05, 0) is 68.7 Å². The first-order chi connectivity index (χ1) is 13.0. The first kappa shape index (κ1) is 21.8. The van der Waals surface area contributed by atoms with E-state index >= 15 is 0 Å². The number of hydrogen-bond acceptors (Lipinski definition) is 4. The van der Waals surface area contributed by atoms with Gasteiger partial charge in [0.05, 0.1) is 25.1 Å². The smallest absolute Gasteiger partial charge is 0.244 e. The van der Waals surface area contributed by atoms with E-state index in [2.05, 4.69) is 5.32 Å². The Morgan fingerprint density at radius 1 is 1.04 bits per heavy atom. The standard InChI is InChI=1S/C21H28N2O4S/c1-14-7-10-19(13-15(14)2)23(28(6,25)26)17(4)21(24)22-16(3)18-8-11-20(27-5)12-9-18/h7-13,16-17H,1-6H3,(H,22,24)/t16-,17+/m1/s1. The van der Waals surface area contributed by atoms with Crippen LogP contribution in [0.2, 0.25) is 0 Å². The molecule has 0 aliphatic rings. The monoisotopic (exact) mass is 404 g/mol. The summed E-state index contributed by atoms with van der Waals surface area (Å²) in [5.41, 5.74) is 3.40. The van der Waals surface area contributed by atoms with Crippen LogP contribution in [0, 0.1) is 13.8 Å². The summed E-state index contributed by atoms with van der Waals surface area (Å²) in [5.74, 6) is 0.362. The highest BCUT2D eigenvalue weighted by atomic mass is 32.2. The zero-order valence-electron chi connectivity index (χ0n) is 17.2. The number of benzene rings is 2. The minimum absolute atomic E-state index is 0.276. The lowest BCUT2D eigenvalue weighted by atomic mass is 10.1. The highest BCUT2D eigenvalue weighted by Crippen LogP contribution is 2.24. The summed E-state index contributed by atoms with van der Waals surface area (Å²) in [6.07, 6.45) is 1.11. The van der Waals surface area contributed by atoms with Crippen LogP contribution < -0.4 is 14.4 Å². The molecule has 0 aliphatic heterocycles. The summed E-state index contributed by atoms with van der Waals surface area (Å²) in [4.78, 5) is 12.8. The summed E-state index contributed by atoms with van der Waals surface area (Å²) in [5, 5.41) is 2.90. The Labute approximate surface area is 167 Å². The number of carbonyl (C=O) groups excluding carboxylic acids is 1. The van der Waals surface area contributed by atoms with Crippen LogP contribution in [-0.4, -0.2) is 33.7 Å². The SMILES string of the molecule is COc1ccc([C@@H](C)NC(=O)[C@H](C)N(c2ccc(C)c(C)c2)S(C)(=O)=O)cc1. The van der Waals surface area contributed by atoms with Gasteiger partial charge >= 0.3 is 0 Å². The van der Waals surface area contributed by atoms with Crippen molar-refractivity contribution in [3.8, 4) is 5.75 Å². The topological polar surface area (TPSA) is 75.7 Å². The van der Waals surface area contributed by atoms with Crippen molar-refractivity contribution in [1.29, 1.82) is 0 Å². The van der Waals surface area contributed by atoms with Gasteiger partial charge in [0, 0.05) is 0 Å². The Kier molecular flexibility index (Phi) is 6.72. The predicted molar refractivity (Wildman–Crippen MR) is 112 cm³/mol. The molecule has 0 saturated carbocycles. The zero-order chi connectivity index (χ0) is 21.1. The zero-order valence-corrected chi connectivity index (χ0v) is 18.0.